The van der Waals surface area contributed by atoms with Crippen molar-refractivity contribution in [3.63, 3.8) is 0 Å². The van der Waals surface area contributed by atoms with E-state index in [1.807, 2.05) is 4.90 Å². The lowest BCUT2D eigenvalue weighted by atomic mass is 9.78. The van der Waals surface area contributed by atoms with Crippen LogP contribution in [0, 0.1) is 11.8 Å². The summed E-state index contributed by atoms with van der Waals surface area (Å²) in [4.78, 5) is 27.2. The first kappa shape index (κ1) is 12.7. The van der Waals surface area contributed by atoms with Gasteiger partial charge in [-0.2, -0.15) is 0 Å². The second kappa shape index (κ2) is 4.47. The van der Waals surface area contributed by atoms with Crippen LogP contribution in [-0.4, -0.2) is 34.8 Å². The molecule has 0 aromatic carbocycles. The SMILES string of the molecule is O=C1CN(C(C2CC2)C2CC2)C(=O)C2(CCCCC2)N1. The molecule has 4 nitrogen and oxygen atoms in total. The lowest BCUT2D eigenvalue weighted by molar-refractivity contribution is -0.155. The summed E-state index contributed by atoms with van der Waals surface area (Å²) in [6.07, 6.45) is 10.0. The van der Waals surface area contributed by atoms with Crippen molar-refractivity contribution in [3.8, 4) is 0 Å². The number of rotatable bonds is 3. The second-order valence-corrected chi connectivity index (χ2v) is 7.29. The molecular weight excluding hydrogens is 252 g/mol. The first-order valence-corrected chi connectivity index (χ1v) is 8.32. The van der Waals surface area contributed by atoms with E-state index in [4.69, 9.17) is 0 Å². The minimum Gasteiger partial charge on any atom is -0.340 e. The van der Waals surface area contributed by atoms with E-state index in [2.05, 4.69) is 5.32 Å². The number of amides is 2. The van der Waals surface area contributed by atoms with Gasteiger partial charge in [-0.3, -0.25) is 9.59 Å². The third-order valence-corrected chi connectivity index (χ3v) is 5.64. The molecule has 3 aliphatic carbocycles. The zero-order valence-corrected chi connectivity index (χ0v) is 12.1. The van der Waals surface area contributed by atoms with E-state index in [1.165, 1.54) is 32.1 Å². The average molecular weight is 276 g/mol. The number of piperazine rings is 1. The molecule has 0 aromatic rings. The quantitative estimate of drug-likeness (QED) is 0.855. The van der Waals surface area contributed by atoms with Gasteiger partial charge in [0.15, 0.2) is 0 Å². The molecule has 4 heteroatoms. The minimum absolute atomic E-state index is 0.0674. The summed E-state index contributed by atoms with van der Waals surface area (Å²) in [5, 5.41) is 3.05. The first-order valence-electron chi connectivity index (χ1n) is 8.32. The highest BCUT2D eigenvalue weighted by Crippen LogP contribution is 2.48. The normalized spacial score (nSPS) is 29.9. The Kier molecular flexibility index (Phi) is 2.83. The predicted molar refractivity (Wildman–Crippen MR) is 74.9 cm³/mol. The summed E-state index contributed by atoms with van der Waals surface area (Å²) in [5.74, 6) is 1.66. The Morgan fingerprint density at radius 3 is 2.15 bits per heavy atom. The van der Waals surface area contributed by atoms with Crippen LogP contribution >= 0.6 is 0 Å². The largest absolute Gasteiger partial charge is 0.340 e. The molecule has 4 rings (SSSR count). The Hall–Kier alpha value is -1.06. The lowest BCUT2D eigenvalue weighted by Crippen LogP contribution is -2.69. The smallest absolute Gasteiger partial charge is 0.249 e. The van der Waals surface area contributed by atoms with Crippen molar-refractivity contribution in [2.24, 2.45) is 11.8 Å². The number of nitrogens with one attached hydrogen (secondary N) is 1. The zero-order valence-electron chi connectivity index (χ0n) is 12.1. The molecule has 1 N–H and O–H groups in total. The van der Waals surface area contributed by atoms with E-state index >= 15 is 0 Å². The predicted octanol–water partition coefficient (Wildman–Crippen LogP) is 1.84. The molecule has 0 aromatic heterocycles. The van der Waals surface area contributed by atoms with Crippen molar-refractivity contribution >= 4 is 11.8 Å². The van der Waals surface area contributed by atoms with Crippen molar-refractivity contribution in [1.29, 1.82) is 0 Å². The van der Waals surface area contributed by atoms with Gasteiger partial charge in [0, 0.05) is 6.04 Å². The summed E-state index contributed by atoms with van der Waals surface area (Å²) in [6.45, 7) is 0.304. The zero-order chi connectivity index (χ0) is 13.7. The molecule has 0 radical (unpaired) electrons. The fraction of sp³-hybridized carbons (Fsp3) is 0.875. The van der Waals surface area contributed by atoms with Crippen LogP contribution in [0.15, 0.2) is 0 Å². The number of carbonyl (C=O) groups is 2. The molecule has 4 fully saturated rings. The molecule has 1 saturated heterocycles. The van der Waals surface area contributed by atoms with Gasteiger partial charge in [0.2, 0.25) is 11.8 Å². The van der Waals surface area contributed by atoms with E-state index in [0.717, 1.165) is 25.7 Å². The van der Waals surface area contributed by atoms with Crippen LogP contribution in [0.2, 0.25) is 0 Å². The van der Waals surface area contributed by atoms with Crippen LogP contribution < -0.4 is 5.32 Å². The van der Waals surface area contributed by atoms with Gasteiger partial charge in [0.05, 0.1) is 6.54 Å². The molecule has 0 unspecified atom stereocenters. The Morgan fingerprint density at radius 1 is 1.00 bits per heavy atom. The van der Waals surface area contributed by atoms with Crippen LogP contribution in [0.4, 0.5) is 0 Å². The summed E-state index contributed by atoms with van der Waals surface area (Å²) in [6, 6.07) is 0.368. The molecule has 20 heavy (non-hydrogen) atoms. The number of nitrogens with zero attached hydrogens (tertiary/aromatic N) is 1. The summed E-state index contributed by atoms with van der Waals surface area (Å²) in [5.41, 5.74) is -0.546. The molecular formula is C16H24N2O2. The van der Waals surface area contributed by atoms with Gasteiger partial charge in [0.1, 0.15) is 5.54 Å². The molecule has 0 atom stereocenters. The van der Waals surface area contributed by atoms with E-state index in [1.54, 1.807) is 0 Å². The number of hydrogen-bond donors (Lipinski definition) is 1. The molecule has 110 valence electrons. The van der Waals surface area contributed by atoms with Crippen molar-refractivity contribution in [3.05, 3.63) is 0 Å². The molecule has 3 saturated carbocycles. The Balaban J connectivity index is 1.61. The Morgan fingerprint density at radius 2 is 1.60 bits per heavy atom. The van der Waals surface area contributed by atoms with Gasteiger partial charge in [-0.1, -0.05) is 19.3 Å². The summed E-state index contributed by atoms with van der Waals surface area (Å²) < 4.78 is 0. The van der Waals surface area contributed by atoms with E-state index < -0.39 is 5.54 Å². The maximum atomic E-state index is 13.1. The van der Waals surface area contributed by atoms with Gasteiger partial charge >= 0.3 is 0 Å². The first-order chi connectivity index (χ1) is 9.70. The highest BCUT2D eigenvalue weighted by molar-refractivity contribution is 5.98. The van der Waals surface area contributed by atoms with Gasteiger partial charge in [-0.15, -0.1) is 0 Å². The van der Waals surface area contributed by atoms with Crippen LogP contribution in [0.25, 0.3) is 0 Å². The molecule has 0 bridgehead atoms. The average Bonchev–Trinajstić information content (AvgIpc) is 3.31. The van der Waals surface area contributed by atoms with Crippen LogP contribution in [0.5, 0.6) is 0 Å². The van der Waals surface area contributed by atoms with Crippen molar-refractivity contribution in [2.45, 2.75) is 69.4 Å². The van der Waals surface area contributed by atoms with E-state index in [0.29, 0.717) is 24.4 Å². The van der Waals surface area contributed by atoms with Gasteiger partial charge in [-0.05, 0) is 50.4 Å². The van der Waals surface area contributed by atoms with Crippen molar-refractivity contribution in [1.82, 2.24) is 10.2 Å². The van der Waals surface area contributed by atoms with Gasteiger partial charge in [-0.25, -0.2) is 0 Å². The Bertz CT molecular complexity index is 422. The third-order valence-electron chi connectivity index (χ3n) is 5.64. The fourth-order valence-electron chi connectivity index (χ4n) is 4.37. The maximum absolute atomic E-state index is 13.1. The highest BCUT2D eigenvalue weighted by Gasteiger charge is 2.53. The van der Waals surface area contributed by atoms with E-state index in [-0.39, 0.29) is 11.8 Å². The monoisotopic (exact) mass is 276 g/mol. The van der Waals surface area contributed by atoms with Crippen molar-refractivity contribution < 1.29 is 9.59 Å². The van der Waals surface area contributed by atoms with Crippen LogP contribution in [0.1, 0.15) is 57.8 Å². The molecule has 4 aliphatic rings. The standard InChI is InChI=1S/C16H24N2O2/c19-13-10-18(14(11-4-5-11)12-6-7-12)15(20)16(17-13)8-2-1-3-9-16/h11-12,14H,1-10H2,(H,17,19). The molecule has 1 aliphatic heterocycles. The second-order valence-electron chi connectivity index (χ2n) is 7.29. The fourth-order valence-corrected chi connectivity index (χ4v) is 4.37. The lowest BCUT2D eigenvalue weighted by Gasteiger charge is -2.47. The molecule has 1 heterocycles. The number of carbonyl (C=O) groups excluding carboxylic acids is 2. The van der Waals surface area contributed by atoms with Gasteiger partial charge < -0.3 is 10.2 Å². The third kappa shape index (κ3) is 2.04. The molecule has 1 spiro atoms. The summed E-state index contributed by atoms with van der Waals surface area (Å²) in [7, 11) is 0. The van der Waals surface area contributed by atoms with Crippen LogP contribution in [0.3, 0.4) is 0 Å². The maximum Gasteiger partial charge on any atom is 0.249 e. The highest BCUT2D eigenvalue weighted by atomic mass is 16.2. The Labute approximate surface area is 120 Å². The number of hydrogen-bond acceptors (Lipinski definition) is 2. The summed E-state index contributed by atoms with van der Waals surface area (Å²) >= 11 is 0. The van der Waals surface area contributed by atoms with Crippen LogP contribution in [-0.2, 0) is 9.59 Å². The molecule has 2 amide bonds. The minimum atomic E-state index is -0.546. The van der Waals surface area contributed by atoms with E-state index in [9.17, 15) is 9.59 Å². The van der Waals surface area contributed by atoms with Crippen molar-refractivity contribution in [2.75, 3.05) is 6.54 Å². The van der Waals surface area contributed by atoms with Gasteiger partial charge in [0.25, 0.3) is 0 Å². The topological polar surface area (TPSA) is 49.4 Å².